The quantitative estimate of drug-likeness (QED) is 0.511. The Morgan fingerprint density at radius 3 is 2.46 bits per heavy atom. The smallest absolute Gasteiger partial charge is 0.394 e. The molecule has 3 saturated carbocycles. The van der Waals surface area contributed by atoms with Gasteiger partial charge in [-0.2, -0.15) is 13.2 Å². The number of hydrogen-bond acceptors (Lipinski definition) is 7. The maximum absolute atomic E-state index is 13.6. The number of rotatable bonds is 4. The van der Waals surface area contributed by atoms with E-state index in [1.165, 1.54) is 0 Å². The first kappa shape index (κ1) is 22.6. The van der Waals surface area contributed by atoms with Gasteiger partial charge in [0.05, 0.1) is 35.3 Å². The number of nitrogens with zero attached hydrogens (tertiary/aromatic N) is 5. The topological polar surface area (TPSA) is 82.9 Å². The molecule has 4 aliphatic rings. The lowest BCUT2D eigenvalue weighted by Gasteiger charge is -2.70. The van der Waals surface area contributed by atoms with E-state index in [2.05, 4.69) is 15.0 Å². The molecule has 0 spiro atoms. The second-order valence-electron chi connectivity index (χ2n) is 10.3. The van der Waals surface area contributed by atoms with Gasteiger partial charge in [-0.3, -0.25) is 0 Å². The molecule has 7 rings (SSSR count). The van der Waals surface area contributed by atoms with Crippen molar-refractivity contribution >= 4 is 11.2 Å². The molecule has 0 radical (unpaired) electrons. The van der Waals surface area contributed by atoms with Gasteiger partial charge in [-0.05, 0) is 52.0 Å². The molecule has 0 aromatic carbocycles. The first-order chi connectivity index (χ1) is 16.6. The van der Waals surface area contributed by atoms with Crippen LogP contribution in [0, 0.1) is 19.3 Å². The van der Waals surface area contributed by atoms with Crippen molar-refractivity contribution in [2.75, 3.05) is 13.7 Å². The molecule has 2 bridgehead atoms. The molecule has 10 heteroatoms. The van der Waals surface area contributed by atoms with Crippen LogP contribution >= 0.6 is 0 Å². The number of alkyl halides is 3. The van der Waals surface area contributed by atoms with Crippen LogP contribution in [0.1, 0.15) is 72.7 Å². The van der Waals surface area contributed by atoms with Gasteiger partial charge in [0.2, 0.25) is 5.88 Å². The molecule has 184 valence electrons. The third kappa shape index (κ3) is 3.40. The van der Waals surface area contributed by atoms with E-state index < -0.39 is 17.0 Å². The van der Waals surface area contributed by atoms with Crippen LogP contribution in [0.4, 0.5) is 13.2 Å². The molecule has 0 N–H and O–H groups in total. The predicted molar refractivity (Wildman–Crippen MR) is 120 cm³/mol. The Kier molecular flexibility index (Phi) is 4.87. The van der Waals surface area contributed by atoms with E-state index in [4.69, 9.17) is 19.4 Å². The lowest BCUT2D eigenvalue weighted by atomic mass is 9.34. The van der Waals surface area contributed by atoms with Gasteiger partial charge in [0, 0.05) is 24.0 Å². The van der Waals surface area contributed by atoms with Gasteiger partial charge in [-0.1, -0.05) is 6.07 Å². The number of fused-ring (bicyclic) bond motifs is 1. The van der Waals surface area contributed by atoms with Gasteiger partial charge in [-0.25, -0.2) is 24.9 Å². The van der Waals surface area contributed by atoms with E-state index in [-0.39, 0.29) is 31.3 Å². The van der Waals surface area contributed by atoms with Crippen LogP contribution in [0.3, 0.4) is 0 Å². The maximum Gasteiger partial charge on any atom is 0.394 e. The lowest BCUT2D eigenvalue weighted by Crippen LogP contribution is -2.70. The molecule has 35 heavy (non-hydrogen) atoms. The van der Waals surface area contributed by atoms with Crippen LogP contribution < -0.4 is 4.74 Å². The highest BCUT2D eigenvalue weighted by atomic mass is 19.4. The van der Waals surface area contributed by atoms with Crippen molar-refractivity contribution in [3.63, 3.8) is 0 Å². The first-order valence-corrected chi connectivity index (χ1v) is 11.9. The number of aromatic nitrogens is 5. The summed E-state index contributed by atoms with van der Waals surface area (Å²) >= 11 is 0. The minimum atomic E-state index is -4.18. The zero-order chi connectivity index (χ0) is 24.6. The van der Waals surface area contributed by atoms with Crippen LogP contribution in [0.15, 0.2) is 18.2 Å². The van der Waals surface area contributed by atoms with Crippen molar-refractivity contribution in [3.8, 4) is 5.88 Å². The van der Waals surface area contributed by atoms with Gasteiger partial charge in [0.15, 0.2) is 5.65 Å². The van der Waals surface area contributed by atoms with Gasteiger partial charge < -0.3 is 9.47 Å². The summed E-state index contributed by atoms with van der Waals surface area (Å²) in [6.07, 6.45) is -2.92. The normalized spacial score (nSPS) is 30.0. The molecule has 1 aliphatic heterocycles. The van der Waals surface area contributed by atoms with Crippen LogP contribution in [-0.4, -0.2) is 44.8 Å². The Morgan fingerprint density at radius 2 is 1.74 bits per heavy atom. The molecule has 4 fully saturated rings. The molecule has 3 aromatic heterocycles. The van der Waals surface area contributed by atoms with Gasteiger partial charge >= 0.3 is 6.18 Å². The van der Waals surface area contributed by atoms with E-state index >= 15 is 0 Å². The maximum atomic E-state index is 13.6. The standard InChI is InChI=1S/C25H26F3N5O2/c1-13-14(2)30-22-19(29-13)20(23-10-24(11-23,12-23)25(26,27)28)32-21(33-22)15-7-8-35-17(9-15)16-5-4-6-18(31-16)34-3/h4-6,15,17H,7-12H2,1-3H3/t15-,17+,23?,24?/m0/s1. The average molecular weight is 486 g/mol. The summed E-state index contributed by atoms with van der Waals surface area (Å²) in [5.74, 6) is 1.09. The SMILES string of the molecule is COc1cccc([C@H]2C[C@@H](c3nc(C45CC(C(F)(F)F)(C4)C5)c4nc(C)c(C)nc4n3)CCO2)n1. The van der Waals surface area contributed by atoms with Crippen LogP contribution in [0.2, 0.25) is 0 Å². The van der Waals surface area contributed by atoms with Crippen LogP contribution in [0.5, 0.6) is 5.88 Å². The number of hydrogen-bond donors (Lipinski definition) is 0. The third-order valence-corrected chi connectivity index (χ3v) is 8.03. The molecule has 0 amide bonds. The fourth-order valence-corrected chi connectivity index (χ4v) is 5.98. The van der Waals surface area contributed by atoms with Crippen molar-refractivity contribution in [1.29, 1.82) is 0 Å². The fourth-order valence-electron chi connectivity index (χ4n) is 5.98. The molecular weight excluding hydrogens is 459 g/mol. The van der Waals surface area contributed by atoms with Crippen LogP contribution in [-0.2, 0) is 10.2 Å². The number of ether oxygens (including phenoxy) is 2. The molecule has 4 heterocycles. The fraction of sp³-hybridized carbons (Fsp3) is 0.560. The van der Waals surface area contributed by atoms with Crippen molar-refractivity contribution in [2.45, 2.75) is 69.6 Å². The largest absolute Gasteiger partial charge is 0.481 e. The van der Waals surface area contributed by atoms with E-state index in [0.717, 1.165) is 17.1 Å². The van der Waals surface area contributed by atoms with E-state index in [0.29, 0.717) is 48.0 Å². The number of halogens is 3. The first-order valence-electron chi connectivity index (χ1n) is 11.9. The highest BCUT2D eigenvalue weighted by molar-refractivity contribution is 5.75. The van der Waals surface area contributed by atoms with Gasteiger partial charge in [0.1, 0.15) is 17.4 Å². The Bertz CT molecular complexity index is 1310. The third-order valence-electron chi connectivity index (χ3n) is 8.03. The molecule has 7 nitrogen and oxygen atoms in total. The number of aryl methyl sites for hydroxylation is 2. The molecule has 2 atom stereocenters. The summed E-state index contributed by atoms with van der Waals surface area (Å²) in [7, 11) is 1.57. The van der Waals surface area contributed by atoms with E-state index in [1.54, 1.807) is 13.2 Å². The van der Waals surface area contributed by atoms with E-state index in [1.807, 2.05) is 26.0 Å². The lowest BCUT2D eigenvalue weighted by molar-refractivity contribution is -0.337. The molecule has 1 saturated heterocycles. The molecular formula is C25H26F3N5O2. The molecule has 3 aromatic rings. The highest BCUT2D eigenvalue weighted by Gasteiger charge is 2.79. The minimum Gasteiger partial charge on any atom is -0.481 e. The number of pyridine rings is 1. The summed E-state index contributed by atoms with van der Waals surface area (Å²) < 4.78 is 52.0. The Hall–Kier alpha value is -2.88. The zero-order valence-corrected chi connectivity index (χ0v) is 19.8. The summed E-state index contributed by atoms with van der Waals surface area (Å²) in [5, 5.41) is 0. The Morgan fingerprint density at radius 1 is 1.00 bits per heavy atom. The highest BCUT2D eigenvalue weighted by Crippen LogP contribution is 2.78. The minimum absolute atomic E-state index is 0.0303. The molecule has 0 unspecified atom stereocenters. The predicted octanol–water partition coefficient (Wildman–Crippen LogP) is 5.06. The average Bonchev–Trinajstić information content (AvgIpc) is 2.77. The summed E-state index contributed by atoms with van der Waals surface area (Å²) in [5.41, 5.74) is 1.71. The Labute approximate surface area is 200 Å². The van der Waals surface area contributed by atoms with Crippen molar-refractivity contribution < 1.29 is 22.6 Å². The zero-order valence-electron chi connectivity index (χ0n) is 19.8. The second-order valence-corrected chi connectivity index (χ2v) is 10.3. The van der Waals surface area contributed by atoms with Crippen molar-refractivity contribution in [1.82, 2.24) is 24.9 Å². The summed E-state index contributed by atoms with van der Waals surface area (Å²) in [4.78, 5) is 23.5. The van der Waals surface area contributed by atoms with Crippen LogP contribution in [0.25, 0.3) is 11.2 Å². The van der Waals surface area contributed by atoms with Crippen molar-refractivity contribution in [3.05, 3.63) is 46.8 Å². The monoisotopic (exact) mass is 485 g/mol. The van der Waals surface area contributed by atoms with Gasteiger partial charge in [-0.15, -0.1) is 0 Å². The van der Waals surface area contributed by atoms with Crippen molar-refractivity contribution in [2.24, 2.45) is 5.41 Å². The van der Waals surface area contributed by atoms with Gasteiger partial charge in [0.25, 0.3) is 0 Å². The second kappa shape index (κ2) is 7.56. The number of methoxy groups -OCH3 is 1. The molecule has 3 aliphatic carbocycles. The summed E-state index contributed by atoms with van der Waals surface area (Å²) in [6, 6.07) is 5.56. The van der Waals surface area contributed by atoms with E-state index in [9.17, 15) is 13.2 Å². The summed E-state index contributed by atoms with van der Waals surface area (Å²) in [6.45, 7) is 4.22. The Balaban J connectivity index is 1.37.